The van der Waals surface area contributed by atoms with E-state index in [0.29, 0.717) is 0 Å². The Morgan fingerprint density at radius 2 is 2.06 bits per heavy atom. The summed E-state index contributed by atoms with van der Waals surface area (Å²) in [7, 11) is 0. The minimum absolute atomic E-state index is 0.154. The van der Waals surface area contributed by atoms with E-state index >= 15 is 0 Å². The maximum Gasteiger partial charge on any atom is 0.308 e. The van der Waals surface area contributed by atoms with Gasteiger partial charge in [-0.25, -0.2) is 0 Å². The number of ether oxygens (including phenoxy) is 1. The molecule has 3 nitrogen and oxygen atoms in total. The van der Waals surface area contributed by atoms with Crippen molar-refractivity contribution < 1.29 is 14.6 Å². The van der Waals surface area contributed by atoms with Crippen molar-refractivity contribution in [3.63, 3.8) is 0 Å². The fourth-order valence-corrected chi connectivity index (χ4v) is 1.64. The van der Waals surface area contributed by atoms with Crippen LogP contribution in [0.15, 0.2) is 23.5 Å². The first kappa shape index (κ1) is 12.8. The summed E-state index contributed by atoms with van der Waals surface area (Å²) in [5.41, 5.74) is 0.269. The molecule has 0 saturated heterocycles. The minimum atomic E-state index is -0.552. The number of hydrogen-bond acceptors (Lipinski definition) is 3. The number of carbonyl (C=O) groups is 1. The second kappa shape index (κ2) is 4.32. The molecule has 0 saturated carbocycles. The van der Waals surface area contributed by atoms with E-state index in [2.05, 4.69) is 0 Å². The molecular formula is C13H20O3. The zero-order valence-electron chi connectivity index (χ0n) is 10.6. The first-order chi connectivity index (χ1) is 7.26. The van der Waals surface area contributed by atoms with Crippen LogP contribution in [0.2, 0.25) is 0 Å². The SMILES string of the molecule is CC1=C(O)C(C)(C)C(OC(=O)C(C)C)C=C1. The fourth-order valence-electron chi connectivity index (χ4n) is 1.64. The van der Waals surface area contributed by atoms with Crippen molar-refractivity contribution in [1.29, 1.82) is 0 Å². The number of allylic oxidation sites excluding steroid dienone is 2. The van der Waals surface area contributed by atoms with Crippen LogP contribution in [0.3, 0.4) is 0 Å². The van der Waals surface area contributed by atoms with Gasteiger partial charge in [0.15, 0.2) is 0 Å². The number of carbonyl (C=O) groups excluding carboxylic acids is 1. The lowest BCUT2D eigenvalue weighted by molar-refractivity contribution is -0.155. The van der Waals surface area contributed by atoms with Crippen molar-refractivity contribution >= 4 is 5.97 Å². The summed E-state index contributed by atoms with van der Waals surface area (Å²) in [6.07, 6.45) is 3.22. The Labute approximate surface area is 96.8 Å². The molecule has 1 unspecified atom stereocenters. The number of esters is 1. The van der Waals surface area contributed by atoms with Gasteiger partial charge in [-0.05, 0) is 32.4 Å². The zero-order valence-corrected chi connectivity index (χ0v) is 10.6. The van der Waals surface area contributed by atoms with Crippen LogP contribution in [0.1, 0.15) is 34.6 Å². The molecule has 1 aliphatic rings. The summed E-state index contributed by atoms with van der Waals surface area (Å²) < 4.78 is 5.37. The van der Waals surface area contributed by atoms with Crippen molar-refractivity contribution in [3.8, 4) is 0 Å². The molecule has 0 aromatic carbocycles. The minimum Gasteiger partial charge on any atom is -0.511 e. The van der Waals surface area contributed by atoms with E-state index in [1.54, 1.807) is 19.9 Å². The molecule has 1 aliphatic carbocycles. The van der Waals surface area contributed by atoms with Crippen molar-refractivity contribution in [1.82, 2.24) is 0 Å². The molecule has 16 heavy (non-hydrogen) atoms. The van der Waals surface area contributed by atoms with Gasteiger partial charge in [0, 0.05) is 0 Å². The van der Waals surface area contributed by atoms with Gasteiger partial charge in [-0.2, -0.15) is 0 Å². The normalized spacial score (nSPS) is 23.8. The smallest absolute Gasteiger partial charge is 0.308 e. The van der Waals surface area contributed by atoms with E-state index in [1.807, 2.05) is 26.8 Å². The highest BCUT2D eigenvalue weighted by atomic mass is 16.5. The van der Waals surface area contributed by atoms with Crippen molar-refractivity contribution in [2.75, 3.05) is 0 Å². The first-order valence-electron chi connectivity index (χ1n) is 5.55. The summed E-state index contributed by atoms with van der Waals surface area (Å²) >= 11 is 0. The Balaban J connectivity index is 2.86. The van der Waals surface area contributed by atoms with Crippen molar-refractivity contribution in [3.05, 3.63) is 23.5 Å². The lowest BCUT2D eigenvalue weighted by Gasteiger charge is -2.35. The van der Waals surface area contributed by atoms with Gasteiger partial charge in [-0.15, -0.1) is 0 Å². The highest BCUT2D eigenvalue weighted by Crippen LogP contribution is 2.37. The highest BCUT2D eigenvalue weighted by molar-refractivity contribution is 5.72. The van der Waals surface area contributed by atoms with E-state index in [4.69, 9.17) is 4.74 Å². The van der Waals surface area contributed by atoms with Gasteiger partial charge in [-0.3, -0.25) is 4.79 Å². The molecule has 0 radical (unpaired) electrons. The van der Waals surface area contributed by atoms with Crippen LogP contribution in [0.4, 0.5) is 0 Å². The molecule has 1 rings (SSSR count). The molecule has 1 N–H and O–H groups in total. The van der Waals surface area contributed by atoms with Crippen LogP contribution in [0.25, 0.3) is 0 Å². The zero-order chi connectivity index (χ0) is 12.5. The molecular weight excluding hydrogens is 204 g/mol. The largest absolute Gasteiger partial charge is 0.511 e. The Morgan fingerprint density at radius 1 is 1.50 bits per heavy atom. The Hall–Kier alpha value is -1.25. The third kappa shape index (κ3) is 2.29. The van der Waals surface area contributed by atoms with Gasteiger partial charge in [0.1, 0.15) is 11.9 Å². The molecule has 0 heterocycles. The molecule has 0 aromatic rings. The molecule has 90 valence electrons. The predicted octanol–water partition coefficient (Wildman–Crippen LogP) is 2.98. The molecule has 0 amide bonds. The van der Waals surface area contributed by atoms with Crippen molar-refractivity contribution in [2.45, 2.75) is 40.7 Å². The molecule has 1 atom stereocenters. The average Bonchev–Trinajstić information content (AvgIpc) is 2.19. The van der Waals surface area contributed by atoms with Gasteiger partial charge in [0.05, 0.1) is 11.3 Å². The Bertz CT molecular complexity index is 348. The van der Waals surface area contributed by atoms with Crippen LogP contribution in [-0.2, 0) is 9.53 Å². The van der Waals surface area contributed by atoms with E-state index < -0.39 is 11.5 Å². The number of aliphatic hydroxyl groups is 1. The topological polar surface area (TPSA) is 46.5 Å². The summed E-state index contributed by atoms with van der Waals surface area (Å²) in [5.74, 6) is -0.106. The third-order valence-corrected chi connectivity index (χ3v) is 2.93. The molecule has 0 aliphatic heterocycles. The van der Waals surface area contributed by atoms with Crippen molar-refractivity contribution in [2.24, 2.45) is 11.3 Å². The quantitative estimate of drug-likeness (QED) is 0.733. The predicted molar refractivity (Wildman–Crippen MR) is 63.0 cm³/mol. The van der Waals surface area contributed by atoms with E-state index in [9.17, 15) is 9.90 Å². The standard InChI is InChI=1S/C13H20O3/c1-8(2)12(15)16-10-7-6-9(3)11(14)13(10,4)5/h6-8,10,14H,1-5H3. The second-order valence-electron chi connectivity index (χ2n) is 5.12. The average molecular weight is 224 g/mol. The second-order valence-corrected chi connectivity index (χ2v) is 5.12. The van der Waals surface area contributed by atoms with Crippen LogP contribution >= 0.6 is 0 Å². The lowest BCUT2D eigenvalue weighted by atomic mass is 9.79. The van der Waals surface area contributed by atoms with Gasteiger partial charge < -0.3 is 9.84 Å². The molecule has 0 aromatic heterocycles. The Morgan fingerprint density at radius 3 is 2.56 bits per heavy atom. The lowest BCUT2D eigenvalue weighted by Crippen LogP contribution is -2.37. The fraction of sp³-hybridized carbons (Fsp3) is 0.615. The summed E-state index contributed by atoms with van der Waals surface area (Å²) in [4.78, 5) is 11.5. The summed E-state index contributed by atoms with van der Waals surface area (Å²) in [6.45, 7) is 9.17. The first-order valence-corrected chi connectivity index (χ1v) is 5.55. The molecule has 0 spiro atoms. The number of hydrogen-bond donors (Lipinski definition) is 1. The van der Waals surface area contributed by atoms with Crippen LogP contribution < -0.4 is 0 Å². The number of aliphatic hydroxyl groups excluding tert-OH is 1. The number of rotatable bonds is 2. The van der Waals surface area contributed by atoms with Gasteiger partial charge in [0.2, 0.25) is 0 Å². The third-order valence-electron chi connectivity index (χ3n) is 2.93. The van der Waals surface area contributed by atoms with Gasteiger partial charge in [0.25, 0.3) is 0 Å². The van der Waals surface area contributed by atoms with Gasteiger partial charge >= 0.3 is 5.97 Å². The molecule has 3 heteroatoms. The monoisotopic (exact) mass is 224 g/mol. The van der Waals surface area contributed by atoms with E-state index in [-0.39, 0.29) is 17.6 Å². The van der Waals surface area contributed by atoms with E-state index in [1.165, 1.54) is 0 Å². The van der Waals surface area contributed by atoms with Crippen LogP contribution in [0.5, 0.6) is 0 Å². The highest BCUT2D eigenvalue weighted by Gasteiger charge is 2.38. The Kier molecular flexibility index (Phi) is 3.46. The van der Waals surface area contributed by atoms with Crippen LogP contribution in [0, 0.1) is 11.3 Å². The van der Waals surface area contributed by atoms with Crippen LogP contribution in [-0.4, -0.2) is 17.2 Å². The summed E-state index contributed by atoms with van der Waals surface area (Å²) in [6, 6.07) is 0. The molecule has 0 bridgehead atoms. The maximum absolute atomic E-state index is 11.5. The maximum atomic E-state index is 11.5. The van der Waals surface area contributed by atoms with E-state index in [0.717, 1.165) is 5.57 Å². The van der Waals surface area contributed by atoms with Gasteiger partial charge in [-0.1, -0.05) is 19.9 Å². The summed E-state index contributed by atoms with van der Waals surface area (Å²) in [5, 5.41) is 9.96. The molecule has 0 fully saturated rings.